The Morgan fingerprint density at radius 1 is 1.38 bits per heavy atom. The first-order chi connectivity index (χ1) is 7.81. The topological polar surface area (TPSA) is 35.5 Å². The van der Waals surface area contributed by atoms with E-state index in [4.69, 9.17) is 9.47 Å². The predicted molar refractivity (Wildman–Crippen MR) is 63.6 cm³/mol. The van der Waals surface area contributed by atoms with Gasteiger partial charge in [0, 0.05) is 0 Å². The Labute approximate surface area is 102 Å². The zero-order chi connectivity index (χ0) is 11.4. The van der Waals surface area contributed by atoms with Gasteiger partial charge in [0.2, 0.25) is 11.5 Å². The van der Waals surface area contributed by atoms with Crippen molar-refractivity contribution in [3.8, 4) is 0 Å². The van der Waals surface area contributed by atoms with E-state index in [1.54, 1.807) is 0 Å². The van der Waals surface area contributed by atoms with Crippen LogP contribution in [0.15, 0.2) is 47.8 Å². The molecule has 0 saturated heterocycles. The third-order valence-corrected chi connectivity index (χ3v) is 2.82. The van der Waals surface area contributed by atoms with Crippen molar-refractivity contribution in [3.63, 3.8) is 0 Å². The Balaban J connectivity index is 2.03. The largest absolute Gasteiger partial charge is 0.457 e. The maximum absolute atomic E-state index is 11.3. The minimum Gasteiger partial charge on any atom is -0.457 e. The molecule has 2 rings (SSSR count). The van der Waals surface area contributed by atoms with E-state index in [9.17, 15) is 4.79 Å². The van der Waals surface area contributed by atoms with E-state index in [2.05, 4.69) is 22.0 Å². The Morgan fingerprint density at radius 3 is 2.81 bits per heavy atom. The number of hydrogen-bond acceptors (Lipinski definition) is 3. The Kier molecular flexibility index (Phi) is 3.62. The number of rotatable bonds is 3. The molecular weight excluding hydrogens is 272 g/mol. The summed E-state index contributed by atoms with van der Waals surface area (Å²) in [6.45, 7) is 0. The molecule has 0 aromatic carbocycles. The Hall–Kier alpha value is -1.29. The smallest absolute Gasteiger partial charge is 0.211 e. The van der Waals surface area contributed by atoms with E-state index < -0.39 is 0 Å². The van der Waals surface area contributed by atoms with E-state index in [0.717, 1.165) is 18.4 Å². The minimum atomic E-state index is -0.132. The van der Waals surface area contributed by atoms with Gasteiger partial charge in [-0.25, -0.2) is 0 Å². The number of hydrogen-bond donors (Lipinski definition) is 0. The summed E-state index contributed by atoms with van der Waals surface area (Å²) < 4.78 is 10.6. The van der Waals surface area contributed by atoms with Crippen molar-refractivity contribution in [2.45, 2.75) is 12.8 Å². The first kappa shape index (κ1) is 11.2. The molecule has 1 heterocycles. The van der Waals surface area contributed by atoms with Crippen LogP contribution in [-0.4, -0.2) is 11.1 Å². The molecule has 0 atom stereocenters. The van der Waals surface area contributed by atoms with Crippen molar-refractivity contribution in [2.24, 2.45) is 0 Å². The summed E-state index contributed by atoms with van der Waals surface area (Å²) in [6.07, 6.45) is 10.9. The van der Waals surface area contributed by atoms with Crippen LogP contribution in [0.4, 0.5) is 0 Å². The molecule has 0 fully saturated rings. The van der Waals surface area contributed by atoms with Crippen LogP contribution in [-0.2, 0) is 14.3 Å². The number of ketones is 1. The molecule has 3 nitrogen and oxygen atoms in total. The second-order valence-electron chi connectivity index (χ2n) is 3.42. The molecule has 1 aliphatic heterocycles. The number of halogens is 1. The zero-order valence-electron chi connectivity index (χ0n) is 8.61. The van der Waals surface area contributed by atoms with E-state index in [1.807, 2.05) is 12.2 Å². The summed E-state index contributed by atoms with van der Waals surface area (Å²) >= 11 is 3.07. The van der Waals surface area contributed by atoms with Crippen LogP contribution in [0.25, 0.3) is 0 Å². The van der Waals surface area contributed by atoms with Crippen molar-refractivity contribution >= 4 is 21.7 Å². The quantitative estimate of drug-likeness (QED) is 0.747. The molecule has 1 aliphatic carbocycles. The fourth-order valence-electron chi connectivity index (χ4n) is 1.45. The average molecular weight is 283 g/mol. The number of ether oxygens (including phenoxy) is 2. The lowest BCUT2D eigenvalue weighted by atomic mass is 10.0. The highest BCUT2D eigenvalue weighted by atomic mass is 79.9. The van der Waals surface area contributed by atoms with Gasteiger partial charge in [-0.1, -0.05) is 34.2 Å². The molecule has 84 valence electrons. The fraction of sp³-hybridized carbons (Fsp3) is 0.250. The van der Waals surface area contributed by atoms with E-state index >= 15 is 0 Å². The van der Waals surface area contributed by atoms with Crippen molar-refractivity contribution in [3.05, 3.63) is 47.8 Å². The van der Waals surface area contributed by atoms with Crippen molar-refractivity contribution in [1.82, 2.24) is 0 Å². The second-order valence-corrected chi connectivity index (χ2v) is 3.98. The van der Waals surface area contributed by atoms with Crippen molar-refractivity contribution in [2.75, 3.05) is 5.33 Å². The number of carbonyl (C=O) groups excluding carboxylic acids is 1. The molecule has 0 radical (unpaired) electrons. The highest BCUT2D eigenvalue weighted by molar-refractivity contribution is 9.09. The van der Waals surface area contributed by atoms with Crippen LogP contribution in [0.5, 0.6) is 0 Å². The summed E-state index contributed by atoms with van der Waals surface area (Å²) in [5.74, 6) is 0.774. The molecule has 0 spiro atoms. The van der Waals surface area contributed by atoms with Gasteiger partial charge in [0.1, 0.15) is 12.5 Å². The van der Waals surface area contributed by atoms with Crippen LogP contribution in [0.3, 0.4) is 0 Å². The average Bonchev–Trinajstić information content (AvgIpc) is 2.39. The first-order valence-corrected chi connectivity index (χ1v) is 6.12. The summed E-state index contributed by atoms with van der Waals surface area (Å²) in [5.41, 5.74) is 1.09. The second kappa shape index (κ2) is 5.16. The molecule has 0 unspecified atom stereocenters. The number of allylic oxidation sites excluding steroid dienone is 5. The normalized spacial score (nSPS) is 18.9. The Morgan fingerprint density at radius 2 is 2.25 bits per heavy atom. The van der Waals surface area contributed by atoms with Crippen LogP contribution in [0.2, 0.25) is 0 Å². The van der Waals surface area contributed by atoms with E-state index in [1.165, 1.54) is 12.5 Å². The molecule has 0 amide bonds. The van der Waals surface area contributed by atoms with Gasteiger partial charge in [0.05, 0.1) is 5.33 Å². The summed E-state index contributed by atoms with van der Waals surface area (Å²) in [7, 11) is 0. The van der Waals surface area contributed by atoms with Crippen LogP contribution in [0, 0.1) is 0 Å². The molecule has 0 N–H and O–H groups in total. The third kappa shape index (κ3) is 2.44. The highest BCUT2D eigenvalue weighted by Gasteiger charge is 2.17. The summed E-state index contributed by atoms with van der Waals surface area (Å²) in [5, 5.41) is 0.233. The van der Waals surface area contributed by atoms with Crippen molar-refractivity contribution in [1.29, 1.82) is 0 Å². The number of carbonyl (C=O) groups is 1. The SMILES string of the molecule is O=C(CBr)C1=COC(C2=CC=CCC2)=CO1. The van der Waals surface area contributed by atoms with Gasteiger partial charge < -0.3 is 9.47 Å². The third-order valence-electron chi connectivity index (χ3n) is 2.31. The molecule has 0 saturated carbocycles. The van der Waals surface area contributed by atoms with Gasteiger partial charge in [-0.15, -0.1) is 0 Å². The molecule has 0 bridgehead atoms. The van der Waals surface area contributed by atoms with Crippen LogP contribution >= 0.6 is 15.9 Å². The maximum atomic E-state index is 11.3. The number of Topliss-reactive ketones (excluding diaryl/α,β-unsaturated/α-hetero) is 1. The molecule has 16 heavy (non-hydrogen) atoms. The lowest BCUT2D eigenvalue weighted by Gasteiger charge is -2.17. The van der Waals surface area contributed by atoms with E-state index in [0.29, 0.717) is 5.76 Å². The van der Waals surface area contributed by atoms with Gasteiger partial charge in [-0.2, -0.15) is 0 Å². The number of alkyl halides is 1. The minimum absolute atomic E-state index is 0.132. The summed E-state index contributed by atoms with van der Waals surface area (Å²) in [6, 6.07) is 0. The first-order valence-electron chi connectivity index (χ1n) is 5.00. The van der Waals surface area contributed by atoms with Gasteiger partial charge in [0.15, 0.2) is 5.76 Å². The lowest BCUT2D eigenvalue weighted by Crippen LogP contribution is -2.10. The van der Waals surface area contributed by atoms with E-state index in [-0.39, 0.29) is 16.9 Å². The van der Waals surface area contributed by atoms with Crippen LogP contribution in [0.1, 0.15) is 12.8 Å². The summed E-state index contributed by atoms with van der Waals surface area (Å²) in [4.78, 5) is 11.3. The van der Waals surface area contributed by atoms with Gasteiger partial charge in [-0.05, 0) is 18.4 Å². The fourth-order valence-corrected chi connectivity index (χ4v) is 1.72. The monoisotopic (exact) mass is 282 g/mol. The van der Waals surface area contributed by atoms with Gasteiger partial charge in [-0.3, -0.25) is 4.79 Å². The lowest BCUT2D eigenvalue weighted by molar-refractivity contribution is -0.116. The predicted octanol–water partition coefficient (Wildman–Crippen LogP) is 2.96. The molecule has 0 aromatic heterocycles. The standard InChI is InChI=1S/C12H11BrO3/c13-6-10(14)12-8-15-11(7-16-12)9-4-2-1-3-5-9/h1-2,4,7-8H,3,5-6H2. The maximum Gasteiger partial charge on any atom is 0.211 e. The highest BCUT2D eigenvalue weighted by Crippen LogP contribution is 2.25. The zero-order valence-corrected chi connectivity index (χ0v) is 10.2. The molecule has 0 aromatic rings. The Bertz CT molecular complexity index is 416. The van der Waals surface area contributed by atoms with Crippen molar-refractivity contribution < 1.29 is 14.3 Å². The molecule has 2 aliphatic rings. The van der Waals surface area contributed by atoms with Crippen LogP contribution < -0.4 is 0 Å². The molecule has 4 heteroatoms. The van der Waals surface area contributed by atoms with Gasteiger partial charge >= 0.3 is 0 Å². The molecular formula is C12H11BrO3. The van der Waals surface area contributed by atoms with Gasteiger partial charge in [0.25, 0.3) is 0 Å².